The van der Waals surface area contributed by atoms with Crippen LogP contribution in [0.25, 0.3) is 0 Å². The zero-order valence-electron chi connectivity index (χ0n) is 12.7. The van der Waals surface area contributed by atoms with Crippen LogP contribution in [-0.4, -0.2) is 43.9 Å². The van der Waals surface area contributed by atoms with Gasteiger partial charge in [-0.15, -0.1) is 0 Å². The van der Waals surface area contributed by atoms with Crippen LogP contribution in [0.15, 0.2) is 18.2 Å². The molecule has 2 rings (SSSR count). The quantitative estimate of drug-likeness (QED) is 0.774. The van der Waals surface area contributed by atoms with Crippen molar-refractivity contribution in [3.63, 3.8) is 0 Å². The molecule has 0 aromatic heterocycles. The smallest absolute Gasteiger partial charge is 0.161 e. The van der Waals surface area contributed by atoms with Gasteiger partial charge in [-0.2, -0.15) is 0 Å². The highest BCUT2D eigenvalue weighted by molar-refractivity contribution is 5.99. The number of anilines is 1. The van der Waals surface area contributed by atoms with Gasteiger partial charge in [-0.25, -0.2) is 4.39 Å². The van der Waals surface area contributed by atoms with Crippen LogP contribution in [0.3, 0.4) is 0 Å². The molecule has 0 aliphatic heterocycles. The van der Waals surface area contributed by atoms with Crippen LogP contribution >= 0.6 is 0 Å². The van der Waals surface area contributed by atoms with Crippen LogP contribution < -0.4 is 4.90 Å². The van der Waals surface area contributed by atoms with E-state index < -0.39 is 0 Å². The Balaban J connectivity index is 2.25. The monoisotopic (exact) mass is 278 g/mol. The van der Waals surface area contributed by atoms with Crippen molar-refractivity contribution >= 4 is 11.5 Å². The molecule has 0 atom stereocenters. The van der Waals surface area contributed by atoms with Gasteiger partial charge in [0.25, 0.3) is 0 Å². The number of rotatable bonds is 5. The minimum atomic E-state index is -0.363. The van der Waals surface area contributed by atoms with Gasteiger partial charge in [-0.3, -0.25) is 4.79 Å². The van der Waals surface area contributed by atoms with E-state index in [-0.39, 0.29) is 17.1 Å². The second-order valence-corrected chi connectivity index (χ2v) is 6.05. The summed E-state index contributed by atoms with van der Waals surface area (Å²) in [6, 6.07) is 4.45. The maximum Gasteiger partial charge on any atom is 0.161 e. The van der Waals surface area contributed by atoms with Gasteiger partial charge in [-0.1, -0.05) is 0 Å². The van der Waals surface area contributed by atoms with Gasteiger partial charge in [0.05, 0.1) is 0 Å². The number of carbonyl (C=O) groups is 1. The highest BCUT2D eigenvalue weighted by Crippen LogP contribution is 2.37. The summed E-state index contributed by atoms with van der Waals surface area (Å²) in [5, 5.41) is 0. The maximum atomic E-state index is 13.3. The summed E-state index contributed by atoms with van der Waals surface area (Å²) in [6.45, 7) is 2.34. The lowest BCUT2D eigenvalue weighted by Gasteiger charge is -2.49. The number of carbonyl (C=O) groups excluding carboxylic acids is 1. The Morgan fingerprint density at radius 1 is 1.30 bits per heavy atom. The summed E-state index contributed by atoms with van der Waals surface area (Å²) in [4.78, 5) is 16.0. The molecule has 3 nitrogen and oxygen atoms in total. The minimum absolute atomic E-state index is 0.0983. The van der Waals surface area contributed by atoms with Crippen LogP contribution in [0.2, 0.25) is 0 Å². The molecular weight excluding hydrogens is 255 g/mol. The first-order valence-corrected chi connectivity index (χ1v) is 7.05. The third-order valence-electron chi connectivity index (χ3n) is 4.51. The number of ketones is 1. The molecule has 1 aliphatic rings. The molecule has 0 saturated heterocycles. The largest absolute Gasteiger partial charge is 0.372 e. The second-order valence-electron chi connectivity index (χ2n) is 6.05. The van der Waals surface area contributed by atoms with E-state index in [1.165, 1.54) is 38.3 Å². The minimum Gasteiger partial charge on any atom is -0.372 e. The van der Waals surface area contributed by atoms with Gasteiger partial charge in [0.1, 0.15) is 5.82 Å². The van der Waals surface area contributed by atoms with Crippen LogP contribution in [0.4, 0.5) is 10.1 Å². The molecule has 0 radical (unpaired) electrons. The Bertz CT molecular complexity index is 509. The van der Waals surface area contributed by atoms with Crippen molar-refractivity contribution in [1.82, 2.24) is 4.90 Å². The number of nitrogens with zero attached hydrogens (tertiary/aromatic N) is 2. The first-order valence-electron chi connectivity index (χ1n) is 7.05. The van der Waals surface area contributed by atoms with E-state index in [2.05, 4.69) is 23.9 Å². The van der Waals surface area contributed by atoms with Crippen molar-refractivity contribution < 1.29 is 9.18 Å². The summed E-state index contributed by atoms with van der Waals surface area (Å²) in [6.07, 6.45) is 3.58. The molecule has 0 amide bonds. The fourth-order valence-electron chi connectivity index (χ4n) is 2.98. The molecule has 1 fully saturated rings. The van der Waals surface area contributed by atoms with Crippen LogP contribution in [0, 0.1) is 5.82 Å². The van der Waals surface area contributed by atoms with Crippen LogP contribution in [0.1, 0.15) is 36.5 Å². The number of Topliss-reactive ketones (excluding diaryl/α,β-unsaturated/α-hetero) is 1. The van der Waals surface area contributed by atoms with E-state index in [9.17, 15) is 9.18 Å². The maximum absolute atomic E-state index is 13.3. The van der Waals surface area contributed by atoms with Gasteiger partial charge in [0, 0.05) is 30.4 Å². The lowest BCUT2D eigenvalue weighted by atomic mass is 9.75. The predicted molar refractivity (Wildman–Crippen MR) is 79.9 cm³/mol. The average molecular weight is 278 g/mol. The van der Waals surface area contributed by atoms with Crippen molar-refractivity contribution in [2.24, 2.45) is 0 Å². The van der Waals surface area contributed by atoms with Crippen molar-refractivity contribution in [2.45, 2.75) is 31.7 Å². The standard InChI is InChI=1S/C16H23FN2O/c1-12(20)14-10-13(17)6-7-15(14)19(4)11-16(18(2)3)8-5-9-16/h6-7,10H,5,8-9,11H2,1-4H3. The molecule has 1 aromatic rings. The number of hydrogen-bond acceptors (Lipinski definition) is 3. The number of hydrogen-bond donors (Lipinski definition) is 0. The highest BCUT2D eigenvalue weighted by atomic mass is 19.1. The van der Waals surface area contributed by atoms with E-state index in [4.69, 9.17) is 0 Å². The first-order chi connectivity index (χ1) is 9.35. The molecular formula is C16H23FN2O. The third-order valence-corrected chi connectivity index (χ3v) is 4.51. The Kier molecular flexibility index (Phi) is 4.14. The fourth-order valence-corrected chi connectivity index (χ4v) is 2.98. The van der Waals surface area contributed by atoms with E-state index in [1.54, 1.807) is 6.07 Å². The van der Waals surface area contributed by atoms with Crippen molar-refractivity contribution in [2.75, 3.05) is 32.6 Å². The molecule has 0 unspecified atom stereocenters. The normalized spacial score (nSPS) is 16.9. The van der Waals surface area contributed by atoms with Gasteiger partial charge in [-0.05, 0) is 58.5 Å². The molecule has 1 saturated carbocycles. The van der Waals surface area contributed by atoms with E-state index in [0.717, 1.165) is 12.2 Å². The van der Waals surface area contributed by atoms with Crippen molar-refractivity contribution in [3.05, 3.63) is 29.6 Å². The Labute approximate surface area is 120 Å². The summed E-state index contributed by atoms with van der Waals surface area (Å²) in [7, 11) is 6.18. The number of likely N-dealkylation sites (N-methyl/N-ethyl adjacent to an activating group) is 2. The molecule has 20 heavy (non-hydrogen) atoms. The Morgan fingerprint density at radius 3 is 2.40 bits per heavy atom. The van der Waals surface area contributed by atoms with Crippen LogP contribution in [0.5, 0.6) is 0 Å². The zero-order valence-corrected chi connectivity index (χ0v) is 12.7. The van der Waals surface area contributed by atoms with E-state index >= 15 is 0 Å². The Morgan fingerprint density at radius 2 is 1.95 bits per heavy atom. The molecule has 110 valence electrons. The van der Waals surface area contributed by atoms with Crippen molar-refractivity contribution in [3.8, 4) is 0 Å². The van der Waals surface area contributed by atoms with Gasteiger partial charge in [0.15, 0.2) is 5.78 Å². The molecule has 1 aliphatic carbocycles. The SMILES string of the molecule is CC(=O)c1cc(F)ccc1N(C)CC1(N(C)C)CCC1. The number of halogens is 1. The summed E-state index contributed by atoms with van der Waals surface area (Å²) in [5.41, 5.74) is 1.45. The molecule has 0 heterocycles. The zero-order chi connectivity index (χ0) is 14.9. The first kappa shape index (κ1) is 15.0. The molecule has 1 aromatic carbocycles. The highest BCUT2D eigenvalue weighted by Gasteiger charge is 2.40. The van der Waals surface area contributed by atoms with Crippen molar-refractivity contribution in [1.29, 1.82) is 0 Å². The number of benzene rings is 1. The average Bonchev–Trinajstić information content (AvgIpc) is 2.32. The molecule has 4 heteroatoms. The lowest BCUT2D eigenvalue weighted by molar-refractivity contribution is 0.0682. The van der Waals surface area contributed by atoms with E-state index in [0.29, 0.717) is 5.56 Å². The fraction of sp³-hybridized carbons (Fsp3) is 0.562. The topological polar surface area (TPSA) is 23.6 Å². The summed E-state index contributed by atoms with van der Waals surface area (Å²) < 4.78 is 13.3. The predicted octanol–water partition coefficient (Wildman–Crippen LogP) is 2.95. The second kappa shape index (κ2) is 5.52. The van der Waals surface area contributed by atoms with Gasteiger partial charge >= 0.3 is 0 Å². The third kappa shape index (κ3) is 2.70. The van der Waals surface area contributed by atoms with Gasteiger partial charge in [0.2, 0.25) is 0 Å². The summed E-state index contributed by atoms with van der Waals surface area (Å²) in [5.74, 6) is -0.461. The Hall–Kier alpha value is -1.42. The summed E-state index contributed by atoms with van der Waals surface area (Å²) >= 11 is 0. The van der Waals surface area contributed by atoms with Crippen LogP contribution in [-0.2, 0) is 0 Å². The lowest BCUT2D eigenvalue weighted by Crippen LogP contribution is -2.56. The molecule has 0 N–H and O–H groups in total. The van der Waals surface area contributed by atoms with Gasteiger partial charge < -0.3 is 9.80 Å². The molecule has 0 bridgehead atoms. The molecule has 0 spiro atoms. The van der Waals surface area contributed by atoms with E-state index in [1.807, 2.05) is 7.05 Å².